The van der Waals surface area contributed by atoms with Gasteiger partial charge in [0.15, 0.2) is 0 Å². The monoisotopic (exact) mass is 938 g/mol. The Hall–Kier alpha value is -7.31. The van der Waals surface area contributed by atoms with E-state index in [1.165, 1.54) is 32.1 Å². The van der Waals surface area contributed by atoms with E-state index in [1.54, 1.807) is 26.4 Å². The standard InChI is InChI=1S/C28H33N7O3.C23H30N6O2/c1-17(2)30-27(37)18-4-6-19(7-5-18)31-26-22-10-13-29-25(22)33-28(34-26)32-23-9-8-20(16-24(23)38-3)35-14-11-21(36)12-15-35;1-30-20-15-17(29-11-13-31-14-12-29)7-8-19(20)26-23-27-21-18(9-10-24-21)22(28-23)25-16-5-3-2-4-6-16/h4-10,13,16-17,21,36H,11-12,14-15H2,1-3H3,(H,30,37)(H3,29,31,32,33,34);7-10,15-16H,2-6,11-14H2,1H3,(H3,24,25,26,27,28). The molecule has 1 saturated carbocycles. The lowest BCUT2D eigenvalue weighted by Gasteiger charge is -2.31. The first-order valence-corrected chi connectivity index (χ1v) is 24.0. The van der Waals surface area contributed by atoms with Crippen molar-refractivity contribution in [1.82, 2.24) is 35.2 Å². The number of H-pyrrole nitrogens is 2. The molecule has 362 valence electrons. The number of benzene rings is 3. The summed E-state index contributed by atoms with van der Waals surface area (Å²) in [6, 6.07) is 23.9. The van der Waals surface area contributed by atoms with Crippen LogP contribution in [0.5, 0.6) is 11.5 Å². The summed E-state index contributed by atoms with van der Waals surface area (Å²) in [6.45, 7) is 8.76. The zero-order valence-corrected chi connectivity index (χ0v) is 39.8. The van der Waals surface area contributed by atoms with Gasteiger partial charge < -0.3 is 65.7 Å². The van der Waals surface area contributed by atoms with Crippen molar-refractivity contribution >= 4 is 79.9 Å². The molecular formula is C51H63N13O5. The number of rotatable bonds is 14. The largest absolute Gasteiger partial charge is 0.494 e. The summed E-state index contributed by atoms with van der Waals surface area (Å²) >= 11 is 0. The SMILES string of the molecule is COc1cc(N2CCC(O)CC2)ccc1Nc1nc(Nc2ccc(C(=O)NC(C)C)cc2)c2cc[nH]c2n1.COc1cc(N2CCOCC2)ccc1Nc1nc(NC2CCCCC2)c2cc[nH]c2n1. The van der Waals surface area contributed by atoms with Crippen LogP contribution in [0.4, 0.5) is 52.0 Å². The Kier molecular flexibility index (Phi) is 14.8. The van der Waals surface area contributed by atoms with Crippen molar-refractivity contribution in [2.45, 2.75) is 77.0 Å². The summed E-state index contributed by atoms with van der Waals surface area (Å²) in [4.78, 5) is 42.1. The van der Waals surface area contributed by atoms with Gasteiger partial charge in [-0.3, -0.25) is 4.79 Å². The van der Waals surface area contributed by atoms with Gasteiger partial charge in [0.05, 0.1) is 55.7 Å². The Labute approximate surface area is 402 Å². The number of carbonyl (C=O) groups excluding carboxylic acids is 1. The number of anilines is 9. The summed E-state index contributed by atoms with van der Waals surface area (Å²) in [5.41, 5.74) is 6.66. The smallest absolute Gasteiger partial charge is 0.251 e. The molecule has 6 heterocycles. The summed E-state index contributed by atoms with van der Waals surface area (Å²) in [6.07, 6.45) is 11.3. The van der Waals surface area contributed by atoms with Gasteiger partial charge in [0.1, 0.15) is 34.4 Å². The molecule has 0 unspecified atom stereocenters. The average Bonchev–Trinajstić information content (AvgIpc) is 4.06. The fourth-order valence-corrected chi connectivity index (χ4v) is 8.97. The number of aromatic amines is 2. The number of hydrogen-bond donors (Lipinski definition) is 8. The molecule has 4 aromatic heterocycles. The Bertz CT molecular complexity index is 2810. The number of methoxy groups -OCH3 is 2. The Balaban J connectivity index is 0.000000175. The average molecular weight is 938 g/mol. The molecule has 1 aliphatic carbocycles. The van der Waals surface area contributed by atoms with Crippen LogP contribution < -0.4 is 45.9 Å². The number of nitrogens with one attached hydrogen (secondary N) is 7. The fraction of sp³-hybridized carbons (Fsp3) is 0.392. The summed E-state index contributed by atoms with van der Waals surface area (Å²) in [5, 5.41) is 28.2. The lowest BCUT2D eigenvalue weighted by molar-refractivity contribution is 0.0943. The van der Waals surface area contributed by atoms with Gasteiger partial charge in [-0.15, -0.1) is 0 Å². The van der Waals surface area contributed by atoms with Crippen molar-refractivity contribution in [3.8, 4) is 11.5 Å². The molecule has 2 saturated heterocycles. The Morgan fingerprint density at radius 2 is 1.23 bits per heavy atom. The highest BCUT2D eigenvalue weighted by atomic mass is 16.5. The van der Waals surface area contributed by atoms with Crippen molar-refractivity contribution in [3.63, 3.8) is 0 Å². The van der Waals surface area contributed by atoms with Gasteiger partial charge in [-0.2, -0.15) is 19.9 Å². The minimum absolute atomic E-state index is 0.0720. The van der Waals surface area contributed by atoms with Crippen molar-refractivity contribution in [2.75, 3.05) is 84.7 Å². The van der Waals surface area contributed by atoms with Crippen LogP contribution in [-0.2, 0) is 4.74 Å². The molecule has 18 heteroatoms. The summed E-state index contributed by atoms with van der Waals surface area (Å²) in [5.74, 6) is 3.79. The second-order valence-corrected chi connectivity index (χ2v) is 17.9. The molecule has 7 aromatic rings. The number of hydrogen-bond acceptors (Lipinski definition) is 15. The Morgan fingerprint density at radius 3 is 1.80 bits per heavy atom. The second kappa shape index (κ2) is 21.8. The quantitative estimate of drug-likeness (QED) is 0.0511. The van der Waals surface area contributed by atoms with Gasteiger partial charge in [-0.1, -0.05) is 19.3 Å². The van der Waals surface area contributed by atoms with E-state index in [1.807, 2.05) is 74.8 Å². The third kappa shape index (κ3) is 11.5. The molecule has 0 radical (unpaired) electrons. The summed E-state index contributed by atoms with van der Waals surface area (Å²) < 4.78 is 16.8. The van der Waals surface area contributed by atoms with E-state index >= 15 is 0 Å². The zero-order valence-electron chi connectivity index (χ0n) is 39.8. The van der Waals surface area contributed by atoms with E-state index in [-0.39, 0.29) is 18.1 Å². The number of carbonyl (C=O) groups is 1. The third-order valence-electron chi connectivity index (χ3n) is 12.7. The van der Waals surface area contributed by atoms with Gasteiger partial charge in [-0.25, -0.2) is 0 Å². The first kappa shape index (κ1) is 46.8. The number of ether oxygens (including phenoxy) is 3. The molecule has 2 aliphatic heterocycles. The maximum Gasteiger partial charge on any atom is 0.251 e. The van der Waals surface area contributed by atoms with Crippen LogP contribution in [0, 0.1) is 0 Å². The third-order valence-corrected chi connectivity index (χ3v) is 12.7. The Morgan fingerprint density at radius 1 is 0.681 bits per heavy atom. The van der Waals surface area contributed by atoms with E-state index in [9.17, 15) is 9.90 Å². The summed E-state index contributed by atoms with van der Waals surface area (Å²) in [7, 11) is 3.33. The van der Waals surface area contributed by atoms with Gasteiger partial charge in [0, 0.05) is 85.4 Å². The molecule has 3 aliphatic rings. The van der Waals surface area contributed by atoms with E-state index < -0.39 is 0 Å². The fourth-order valence-electron chi connectivity index (χ4n) is 8.97. The molecular weight excluding hydrogens is 875 g/mol. The lowest BCUT2D eigenvalue weighted by Crippen LogP contribution is -2.36. The highest BCUT2D eigenvalue weighted by molar-refractivity contribution is 5.95. The molecule has 0 bridgehead atoms. The minimum Gasteiger partial charge on any atom is -0.494 e. The maximum absolute atomic E-state index is 12.3. The number of morpholine rings is 1. The highest BCUT2D eigenvalue weighted by Gasteiger charge is 2.21. The van der Waals surface area contributed by atoms with Crippen molar-refractivity contribution in [2.24, 2.45) is 0 Å². The lowest BCUT2D eigenvalue weighted by atomic mass is 9.95. The first-order valence-electron chi connectivity index (χ1n) is 24.0. The molecule has 8 N–H and O–H groups in total. The zero-order chi connectivity index (χ0) is 47.7. The number of fused-ring (bicyclic) bond motifs is 2. The van der Waals surface area contributed by atoms with E-state index in [0.29, 0.717) is 40.7 Å². The molecule has 10 rings (SSSR count). The molecule has 3 aromatic carbocycles. The maximum atomic E-state index is 12.3. The van der Waals surface area contributed by atoms with Crippen LogP contribution in [-0.4, -0.2) is 113 Å². The molecule has 18 nitrogen and oxygen atoms in total. The van der Waals surface area contributed by atoms with Crippen molar-refractivity contribution in [1.29, 1.82) is 0 Å². The van der Waals surface area contributed by atoms with Gasteiger partial charge >= 0.3 is 0 Å². The number of aromatic nitrogens is 6. The van der Waals surface area contributed by atoms with Gasteiger partial charge in [-0.05, 0) is 100 Å². The van der Waals surface area contributed by atoms with Crippen LogP contribution in [0.3, 0.4) is 0 Å². The van der Waals surface area contributed by atoms with E-state index in [4.69, 9.17) is 24.2 Å². The van der Waals surface area contributed by atoms with Gasteiger partial charge in [0.25, 0.3) is 5.91 Å². The van der Waals surface area contributed by atoms with Crippen LogP contribution in [0.1, 0.15) is 69.2 Å². The van der Waals surface area contributed by atoms with E-state index in [0.717, 1.165) is 109 Å². The number of piperidine rings is 1. The van der Waals surface area contributed by atoms with Gasteiger partial charge in [0.2, 0.25) is 11.9 Å². The van der Waals surface area contributed by atoms with Crippen LogP contribution in [0.2, 0.25) is 0 Å². The predicted molar refractivity (Wildman–Crippen MR) is 274 cm³/mol. The number of nitrogens with zero attached hydrogens (tertiary/aromatic N) is 6. The first-order chi connectivity index (χ1) is 33.7. The van der Waals surface area contributed by atoms with E-state index in [2.05, 4.69) is 68.5 Å². The topological polar surface area (TPSA) is 215 Å². The molecule has 1 amide bonds. The number of amides is 1. The number of aliphatic hydroxyl groups is 1. The minimum atomic E-state index is -0.223. The second-order valence-electron chi connectivity index (χ2n) is 17.9. The molecule has 3 fully saturated rings. The van der Waals surface area contributed by atoms with Crippen LogP contribution >= 0.6 is 0 Å². The van der Waals surface area contributed by atoms with Crippen LogP contribution in [0.25, 0.3) is 22.1 Å². The predicted octanol–water partition coefficient (Wildman–Crippen LogP) is 8.84. The van der Waals surface area contributed by atoms with Crippen LogP contribution in [0.15, 0.2) is 85.2 Å². The molecule has 69 heavy (non-hydrogen) atoms. The van der Waals surface area contributed by atoms with Crippen molar-refractivity contribution in [3.05, 3.63) is 90.8 Å². The highest BCUT2D eigenvalue weighted by Crippen LogP contribution is 2.36. The normalized spacial score (nSPS) is 15.7. The van der Waals surface area contributed by atoms with Crippen molar-refractivity contribution < 1.29 is 24.1 Å². The number of aliphatic hydroxyl groups excluding tert-OH is 1. The molecule has 0 spiro atoms. The molecule has 0 atom stereocenters.